The normalized spacial score (nSPS) is 13.8. The zero-order valence-corrected chi connectivity index (χ0v) is 15.8. The second-order valence-electron chi connectivity index (χ2n) is 5.93. The number of carbonyl (C=O) groups is 1. The summed E-state index contributed by atoms with van der Waals surface area (Å²) in [5, 5.41) is 0.615. The van der Waals surface area contributed by atoms with Gasteiger partial charge in [-0.05, 0) is 42.3 Å². The molecule has 0 aliphatic carbocycles. The van der Waals surface area contributed by atoms with Gasteiger partial charge in [0.15, 0.2) is 0 Å². The molecule has 26 heavy (non-hydrogen) atoms. The molecule has 8 heteroatoms. The molecule has 0 spiro atoms. The second kappa shape index (κ2) is 7.65. The zero-order chi connectivity index (χ0) is 18.7. The maximum absolute atomic E-state index is 12.6. The fourth-order valence-electron chi connectivity index (χ4n) is 2.80. The Morgan fingerprint density at radius 1 is 1.27 bits per heavy atom. The van der Waals surface area contributed by atoms with Crippen molar-refractivity contribution in [1.29, 1.82) is 0 Å². The summed E-state index contributed by atoms with van der Waals surface area (Å²) in [6, 6.07) is 11.8. The van der Waals surface area contributed by atoms with Crippen molar-refractivity contribution in [2.24, 2.45) is 0 Å². The number of fused-ring (bicyclic) bond motifs is 1. The monoisotopic (exact) mass is 394 g/mol. The number of ether oxygens (including phenoxy) is 1. The van der Waals surface area contributed by atoms with Gasteiger partial charge in [-0.3, -0.25) is 4.79 Å². The fraction of sp³-hybridized carbons (Fsp3) is 0.278. The van der Waals surface area contributed by atoms with Crippen LogP contribution in [0.15, 0.2) is 47.4 Å². The van der Waals surface area contributed by atoms with Gasteiger partial charge in [-0.15, -0.1) is 0 Å². The van der Waals surface area contributed by atoms with Crippen molar-refractivity contribution in [3.8, 4) is 5.75 Å². The number of hydrogen-bond acceptors (Lipinski definition) is 4. The molecule has 1 amide bonds. The highest BCUT2D eigenvalue weighted by Crippen LogP contribution is 2.33. The van der Waals surface area contributed by atoms with E-state index in [0.717, 1.165) is 5.56 Å². The smallest absolute Gasteiger partial charge is 0.240 e. The first-order valence-corrected chi connectivity index (χ1v) is 10.0. The number of rotatable bonds is 5. The largest absolute Gasteiger partial charge is 0.490 e. The summed E-state index contributed by atoms with van der Waals surface area (Å²) in [6.07, 6.45) is 0.521. The Kier molecular flexibility index (Phi) is 5.50. The predicted octanol–water partition coefficient (Wildman–Crippen LogP) is 2.61. The lowest BCUT2D eigenvalue weighted by Gasteiger charge is -2.29. The summed E-state index contributed by atoms with van der Waals surface area (Å²) in [5.41, 5.74) is 1.42. The molecule has 138 valence electrons. The minimum Gasteiger partial charge on any atom is -0.490 e. The van der Waals surface area contributed by atoms with Crippen molar-refractivity contribution < 1.29 is 17.9 Å². The van der Waals surface area contributed by atoms with E-state index in [1.54, 1.807) is 18.2 Å². The molecule has 1 aliphatic heterocycles. The van der Waals surface area contributed by atoms with E-state index in [9.17, 15) is 13.2 Å². The first-order valence-electron chi connectivity index (χ1n) is 8.16. The minimum atomic E-state index is -3.70. The number of benzene rings is 2. The van der Waals surface area contributed by atoms with Crippen LogP contribution in [0.1, 0.15) is 12.5 Å². The third kappa shape index (κ3) is 4.17. The number of nitrogens with one attached hydrogen (secondary N) is 1. The van der Waals surface area contributed by atoms with E-state index in [1.807, 2.05) is 12.1 Å². The Morgan fingerprint density at radius 3 is 2.81 bits per heavy atom. The summed E-state index contributed by atoms with van der Waals surface area (Å²) in [6.45, 7) is 2.47. The lowest BCUT2D eigenvalue weighted by atomic mass is 10.2. The third-order valence-electron chi connectivity index (χ3n) is 4.08. The van der Waals surface area contributed by atoms with E-state index in [-0.39, 0.29) is 17.3 Å². The van der Waals surface area contributed by atoms with Crippen LogP contribution in [0.5, 0.6) is 5.75 Å². The van der Waals surface area contributed by atoms with Gasteiger partial charge < -0.3 is 9.64 Å². The van der Waals surface area contributed by atoms with Gasteiger partial charge in [-0.2, -0.15) is 0 Å². The van der Waals surface area contributed by atoms with E-state index in [4.69, 9.17) is 16.3 Å². The Hall–Kier alpha value is -2.09. The van der Waals surface area contributed by atoms with Crippen LogP contribution in [0.3, 0.4) is 0 Å². The molecule has 1 N–H and O–H groups in total. The molecule has 0 saturated heterocycles. The van der Waals surface area contributed by atoms with Crippen LogP contribution in [0, 0.1) is 0 Å². The first kappa shape index (κ1) is 18.7. The van der Waals surface area contributed by atoms with Gasteiger partial charge in [0, 0.05) is 18.5 Å². The van der Waals surface area contributed by atoms with Gasteiger partial charge in [0.25, 0.3) is 0 Å². The average molecular weight is 395 g/mol. The molecule has 0 fully saturated rings. The van der Waals surface area contributed by atoms with Crippen LogP contribution in [0.4, 0.5) is 5.69 Å². The van der Waals surface area contributed by atoms with Gasteiger partial charge in [0.2, 0.25) is 15.9 Å². The number of halogens is 1. The molecule has 0 unspecified atom stereocenters. The van der Waals surface area contributed by atoms with Gasteiger partial charge in [-0.1, -0.05) is 23.7 Å². The van der Waals surface area contributed by atoms with Crippen molar-refractivity contribution in [3.05, 3.63) is 53.1 Å². The van der Waals surface area contributed by atoms with Crippen molar-refractivity contribution in [3.63, 3.8) is 0 Å². The standard InChI is InChI=1S/C18H19ClN2O4S/c1-13(22)21-9-10-25-18-6-5-16(12-17(18)21)26(23,24)20-8-7-14-3-2-4-15(19)11-14/h2-6,11-12,20H,7-10H2,1H3. The van der Waals surface area contributed by atoms with Crippen molar-refractivity contribution >= 4 is 33.2 Å². The molecule has 2 aromatic carbocycles. The van der Waals surface area contributed by atoms with Gasteiger partial charge >= 0.3 is 0 Å². The van der Waals surface area contributed by atoms with Crippen LogP contribution in [0.2, 0.25) is 5.02 Å². The topological polar surface area (TPSA) is 75.7 Å². The number of amides is 1. The quantitative estimate of drug-likeness (QED) is 0.845. The molecule has 1 heterocycles. The van der Waals surface area contributed by atoms with Crippen molar-refractivity contribution in [2.45, 2.75) is 18.2 Å². The molecule has 1 aliphatic rings. The summed E-state index contributed by atoms with van der Waals surface area (Å²) < 4.78 is 33.2. The maximum Gasteiger partial charge on any atom is 0.240 e. The molecule has 0 radical (unpaired) electrons. The molecule has 2 aromatic rings. The minimum absolute atomic E-state index is 0.0964. The van der Waals surface area contributed by atoms with E-state index < -0.39 is 10.0 Å². The summed E-state index contributed by atoms with van der Waals surface area (Å²) in [5.74, 6) is 0.349. The zero-order valence-electron chi connectivity index (χ0n) is 14.2. The maximum atomic E-state index is 12.6. The van der Waals surface area contributed by atoms with Crippen molar-refractivity contribution in [1.82, 2.24) is 4.72 Å². The lowest BCUT2D eigenvalue weighted by Crippen LogP contribution is -2.36. The summed E-state index contributed by atoms with van der Waals surface area (Å²) in [7, 11) is -3.70. The molecule has 0 saturated carbocycles. The lowest BCUT2D eigenvalue weighted by molar-refractivity contribution is -0.116. The Morgan fingerprint density at radius 2 is 2.08 bits per heavy atom. The molecule has 0 atom stereocenters. The highest BCUT2D eigenvalue weighted by molar-refractivity contribution is 7.89. The number of carbonyl (C=O) groups excluding carboxylic acids is 1. The molecule has 3 rings (SSSR count). The SMILES string of the molecule is CC(=O)N1CCOc2ccc(S(=O)(=O)NCCc3cccc(Cl)c3)cc21. The number of anilines is 1. The van der Waals surface area contributed by atoms with Crippen LogP contribution in [-0.2, 0) is 21.2 Å². The van der Waals surface area contributed by atoms with E-state index in [2.05, 4.69) is 4.72 Å². The first-order chi connectivity index (χ1) is 12.4. The summed E-state index contributed by atoms with van der Waals surface area (Å²) >= 11 is 5.93. The highest BCUT2D eigenvalue weighted by Gasteiger charge is 2.24. The third-order valence-corrected chi connectivity index (χ3v) is 5.77. The van der Waals surface area contributed by atoms with Crippen LogP contribution in [-0.4, -0.2) is 34.0 Å². The van der Waals surface area contributed by atoms with E-state index >= 15 is 0 Å². The fourth-order valence-corrected chi connectivity index (χ4v) is 4.06. The summed E-state index contributed by atoms with van der Waals surface area (Å²) in [4.78, 5) is 13.4. The average Bonchev–Trinajstić information content (AvgIpc) is 2.60. The predicted molar refractivity (Wildman–Crippen MR) is 100 cm³/mol. The number of hydrogen-bond donors (Lipinski definition) is 1. The van der Waals surface area contributed by atoms with E-state index in [1.165, 1.54) is 24.0 Å². The Bertz CT molecular complexity index is 931. The van der Waals surface area contributed by atoms with Gasteiger partial charge in [0.05, 0.1) is 17.1 Å². The Balaban J connectivity index is 1.75. The van der Waals surface area contributed by atoms with Crippen LogP contribution < -0.4 is 14.4 Å². The van der Waals surface area contributed by atoms with E-state index in [0.29, 0.717) is 36.0 Å². The molecule has 0 bridgehead atoms. The number of sulfonamides is 1. The molecule has 0 aromatic heterocycles. The Labute approximate surface area is 157 Å². The number of nitrogens with zero attached hydrogens (tertiary/aromatic N) is 1. The molecular weight excluding hydrogens is 376 g/mol. The highest BCUT2D eigenvalue weighted by atomic mass is 35.5. The van der Waals surface area contributed by atoms with Crippen LogP contribution in [0.25, 0.3) is 0 Å². The van der Waals surface area contributed by atoms with Crippen LogP contribution >= 0.6 is 11.6 Å². The van der Waals surface area contributed by atoms with Crippen molar-refractivity contribution in [2.75, 3.05) is 24.6 Å². The molecule has 6 nitrogen and oxygen atoms in total. The molecular formula is C18H19ClN2O4S. The van der Waals surface area contributed by atoms with Gasteiger partial charge in [0.1, 0.15) is 12.4 Å². The second-order valence-corrected chi connectivity index (χ2v) is 8.13. The van der Waals surface area contributed by atoms with Gasteiger partial charge in [-0.25, -0.2) is 13.1 Å².